The molecular formula is C24H32N4O2. The number of ether oxygens (including phenoxy) is 1. The number of likely N-dealkylation sites (N-methyl/N-ethyl adjacent to an activating group) is 1. The third kappa shape index (κ3) is 5.12. The molecule has 0 atom stereocenters. The molecule has 0 spiro atoms. The predicted octanol–water partition coefficient (Wildman–Crippen LogP) is 3.19. The maximum absolute atomic E-state index is 12.8. The Bertz CT molecular complexity index is 845. The molecule has 2 aromatic rings. The van der Waals surface area contributed by atoms with Gasteiger partial charge >= 0.3 is 0 Å². The van der Waals surface area contributed by atoms with E-state index in [1.54, 1.807) is 0 Å². The summed E-state index contributed by atoms with van der Waals surface area (Å²) in [6.07, 6.45) is 2.43. The summed E-state index contributed by atoms with van der Waals surface area (Å²) in [6.45, 7) is 6.56. The van der Waals surface area contributed by atoms with Crippen molar-refractivity contribution in [3.8, 4) is 0 Å². The number of amides is 1. The fourth-order valence-electron chi connectivity index (χ4n) is 4.35. The quantitative estimate of drug-likeness (QED) is 0.763. The average Bonchev–Trinajstić information content (AvgIpc) is 3.30. The molecule has 2 aliphatic heterocycles. The van der Waals surface area contributed by atoms with Crippen LogP contribution in [0, 0.1) is 0 Å². The zero-order valence-corrected chi connectivity index (χ0v) is 17.8. The summed E-state index contributed by atoms with van der Waals surface area (Å²) in [5, 5.41) is 3.13. The van der Waals surface area contributed by atoms with Crippen molar-refractivity contribution < 1.29 is 9.53 Å². The summed E-state index contributed by atoms with van der Waals surface area (Å²) in [6, 6.07) is 16.6. The van der Waals surface area contributed by atoms with Gasteiger partial charge in [0.15, 0.2) is 0 Å². The van der Waals surface area contributed by atoms with E-state index in [-0.39, 0.29) is 5.91 Å². The molecule has 0 saturated carbocycles. The van der Waals surface area contributed by atoms with Crippen LogP contribution >= 0.6 is 0 Å². The highest BCUT2D eigenvalue weighted by Gasteiger charge is 2.18. The molecule has 2 saturated heterocycles. The van der Waals surface area contributed by atoms with Gasteiger partial charge in [0.25, 0.3) is 0 Å². The number of rotatable bonds is 7. The zero-order chi connectivity index (χ0) is 20.8. The first-order valence-corrected chi connectivity index (χ1v) is 10.9. The van der Waals surface area contributed by atoms with E-state index in [0.717, 1.165) is 57.3 Å². The lowest BCUT2D eigenvalue weighted by Gasteiger charge is -2.31. The second kappa shape index (κ2) is 9.96. The summed E-state index contributed by atoms with van der Waals surface area (Å²) in [5.41, 5.74) is 4.52. The van der Waals surface area contributed by atoms with Crippen molar-refractivity contribution in [3.05, 3.63) is 54.1 Å². The predicted molar refractivity (Wildman–Crippen MR) is 122 cm³/mol. The van der Waals surface area contributed by atoms with E-state index in [2.05, 4.69) is 50.3 Å². The summed E-state index contributed by atoms with van der Waals surface area (Å²) >= 11 is 0. The highest BCUT2D eigenvalue weighted by Crippen LogP contribution is 2.28. The zero-order valence-electron chi connectivity index (χ0n) is 17.8. The van der Waals surface area contributed by atoms with E-state index in [0.29, 0.717) is 6.54 Å². The Morgan fingerprint density at radius 2 is 1.57 bits per heavy atom. The first-order valence-electron chi connectivity index (χ1n) is 10.9. The maximum atomic E-state index is 12.8. The standard InChI is InChI=1S/C24H32N4O2/c1-26(18-20-8-2-4-10-22(20)28-14-16-30-17-15-28)19-24(29)25-21-9-3-5-11-23(21)27-12-6-7-13-27/h2-5,8-11H,6-7,12-19H2,1H3,(H,25,29). The van der Waals surface area contributed by atoms with Crippen LogP contribution in [0.15, 0.2) is 48.5 Å². The highest BCUT2D eigenvalue weighted by atomic mass is 16.5. The van der Waals surface area contributed by atoms with Gasteiger partial charge in [0, 0.05) is 38.4 Å². The van der Waals surface area contributed by atoms with Crippen LogP contribution in [-0.2, 0) is 16.1 Å². The fourth-order valence-corrected chi connectivity index (χ4v) is 4.35. The summed E-state index contributed by atoms with van der Waals surface area (Å²) in [7, 11) is 2.00. The molecule has 0 radical (unpaired) electrons. The molecule has 30 heavy (non-hydrogen) atoms. The molecule has 0 unspecified atom stereocenters. The number of nitrogens with one attached hydrogen (secondary N) is 1. The molecule has 1 N–H and O–H groups in total. The van der Waals surface area contributed by atoms with E-state index < -0.39 is 0 Å². The fraction of sp³-hybridized carbons (Fsp3) is 0.458. The third-order valence-electron chi connectivity index (χ3n) is 5.82. The Kier molecular flexibility index (Phi) is 6.87. The van der Waals surface area contributed by atoms with Gasteiger partial charge < -0.3 is 19.9 Å². The Balaban J connectivity index is 1.37. The molecule has 0 aromatic heterocycles. The molecule has 1 amide bonds. The van der Waals surface area contributed by atoms with Crippen molar-refractivity contribution >= 4 is 23.0 Å². The second-order valence-electron chi connectivity index (χ2n) is 8.16. The average molecular weight is 409 g/mol. The van der Waals surface area contributed by atoms with Crippen molar-refractivity contribution in [2.75, 3.05) is 68.1 Å². The Morgan fingerprint density at radius 3 is 2.33 bits per heavy atom. The molecular weight excluding hydrogens is 376 g/mol. The minimum atomic E-state index is 0.0213. The topological polar surface area (TPSA) is 48.1 Å². The Hall–Kier alpha value is -2.57. The van der Waals surface area contributed by atoms with Gasteiger partial charge in [0.2, 0.25) is 5.91 Å². The molecule has 160 valence electrons. The molecule has 2 aromatic carbocycles. The molecule has 2 heterocycles. The van der Waals surface area contributed by atoms with Crippen molar-refractivity contribution in [1.82, 2.24) is 4.90 Å². The number of benzene rings is 2. The van der Waals surface area contributed by atoms with Gasteiger partial charge in [-0.15, -0.1) is 0 Å². The van der Waals surface area contributed by atoms with Gasteiger partial charge in [-0.2, -0.15) is 0 Å². The summed E-state index contributed by atoms with van der Waals surface area (Å²) < 4.78 is 5.49. The lowest BCUT2D eigenvalue weighted by atomic mass is 10.1. The van der Waals surface area contributed by atoms with Gasteiger partial charge in [-0.3, -0.25) is 9.69 Å². The van der Waals surface area contributed by atoms with Crippen LogP contribution in [0.1, 0.15) is 18.4 Å². The lowest BCUT2D eigenvalue weighted by molar-refractivity contribution is -0.117. The van der Waals surface area contributed by atoms with Crippen molar-refractivity contribution in [2.45, 2.75) is 19.4 Å². The smallest absolute Gasteiger partial charge is 0.238 e. The lowest BCUT2D eigenvalue weighted by Crippen LogP contribution is -2.37. The maximum Gasteiger partial charge on any atom is 0.238 e. The van der Waals surface area contributed by atoms with Crippen molar-refractivity contribution in [1.29, 1.82) is 0 Å². The third-order valence-corrected chi connectivity index (χ3v) is 5.82. The van der Waals surface area contributed by atoms with Crippen LogP contribution in [0.25, 0.3) is 0 Å². The van der Waals surface area contributed by atoms with Crippen LogP contribution in [0.2, 0.25) is 0 Å². The van der Waals surface area contributed by atoms with Crippen LogP contribution < -0.4 is 15.1 Å². The Labute approximate surface area is 179 Å². The number of nitrogens with zero attached hydrogens (tertiary/aromatic N) is 3. The summed E-state index contributed by atoms with van der Waals surface area (Å²) in [5.74, 6) is 0.0213. The first kappa shape index (κ1) is 20.7. The molecule has 2 aliphatic rings. The van der Waals surface area contributed by atoms with Gasteiger partial charge in [-0.05, 0) is 43.7 Å². The minimum Gasteiger partial charge on any atom is -0.378 e. The van der Waals surface area contributed by atoms with Crippen molar-refractivity contribution in [3.63, 3.8) is 0 Å². The van der Waals surface area contributed by atoms with E-state index in [1.165, 1.54) is 24.1 Å². The van der Waals surface area contributed by atoms with Gasteiger partial charge in [-0.25, -0.2) is 0 Å². The first-order chi connectivity index (χ1) is 14.7. The van der Waals surface area contributed by atoms with Gasteiger partial charge in [-0.1, -0.05) is 30.3 Å². The number of morpholine rings is 1. The number of hydrogen-bond donors (Lipinski definition) is 1. The second-order valence-corrected chi connectivity index (χ2v) is 8.16. The number of para-hydroxylation sites is 3. The number of carbonyl (C=O) groups excluding carboxylic acids is 1. The van der Waals surface area contributed by atoms with Crippen LogP contribution in [0.3, 0.4) is 0 Å². The van der Waals surface area contributed by atoms with E-state index in [9.17, 15) is 4.79 Å². The van der Waals surface area contributed by atoms with Crippen LogP contribution in [0.5, 0.6) is 0 Å². The van der Waals surface area contributed by atoms with Gasteiger partial charge in [0.1, 0.15) is 0 Å². The summed E-state index contributed by atoms with van der Waals surface area (Å²) in [4.78, 5) is 19.6. The monoisotopic (exact) mass is 408 g/mol. The van der Waals surface area contributed by atoms with Crippen LogP contribution in [-0.4, -0.2) is 63.8 Å². The van der Waals surface area contributed by atoms with E-state index >= 15 is 0 Å². The van der Waals surface area contributed by atoms with E-state index in [1.807, 2.05) is 25.2 Å². The molecule has 4 rings (SSSR count). The molecule has 2 fully saturated rings. The van der Waals surface area contributed by atoms with Gasteiger partial charge in [0.05, 0.1) is 31.1 Å². The molecule has 0 bridgehead atoms. The van der Waals surface area contributed by atoms with Crippen LogP contribution in [0.4, 0.5) is 17.1 Å². The normalized spacial score (nSPS) is 16.9. The Morgan fingerprint density at radius 1 is 0.933 bits per heavy atom. The number of hydrogen-bond acceptors (Lipinski definition) is 5. The highest BCUT2D eigenvalue weighted by molar-refractivity contribution is 5.95. The largest absolute Gasteiger partial charge is 0.378 e. The number of carbonyl (C=O) groups is 1. The van der Waals surface area contributed by atoms with E-state index in [4.69, 9.17) is 4.74 Å². The number of anilines is 3. The molecule has 6 nitrogen and oxygen atoms in total. The SMILES string of the molecule is CN(CC(=O)Nc1ccccc1N1CCCC1)Cc1ccccc1N1CCOCC1. The molecule has 6 heteroatoms. The van der Waals surface area contributed by atoms with Crippen molar-refractivity contribution in [2.24, 2.45) is 0 Å². The minimum absolute atomic E-state index is 0.0213. The molecule has 0 aliphatic carbocycles.